The minimum absolute atomic E-state index is 0.379. The first-order valence-electron chi connectivity index (χ1n) is 6.04. The minimum Gasteiger partial charge on any atom is -0.492 e. The first-order valence-corrected chi connectivity index (χ1v) is 6.83. The summed E-state index contributed by atoms with van der Waals surface area (Å²) >= 11 is 3.50. The maximum absolute atomic E-state index is 5.74. The third kappa shape index (κ3) is 5.55. The van der Waals surface area contributed by atoms with Gasteiger partial charge in [0, 0.05) is 6.54 Å². The molecule has 0 heterocycles. The molecule has 0 radical (unpaired) electrons. The molecule has 3 heteroatoms. The predicted molar refractivity (Wildman–Crippen MR) is 76.2 cm³/mol. The third-order valence-electron chi connectivity index (χ3n) is 2.56. The van der Waals surface area contributed by atoms with Crippen LogP contribution < -0.4 is 10.5 Å². The number of halogens is 1. The van der Waals surface area contributed by atoms with Crippen molar-refractivity contribution in [3.63, 3.8) is 0 Å². The lowest BCUT2D eigenvalue weighted by atomic mass is 9.91. The zero-order valence-electron chi connectivity index (χ0n) is 10.9. The fourth-order valence-electron chi connectivity index (χ4n) is 1.57. The van der Waals surface area contributed by atoms with Gasteiger partial charge in [-0.05, 0) is 51.9 Å². The molecular weight excluding hydrogens is 278 g/mol. The molecule has 0 aliphatic heterocycles. The Balaban J connectivity index is 2.42. The van der Waals surface area contributed by atoms with Crippen LogP contribution in [0.15, 0.2) is 22.7 Å². The van der Waals surface area contributed by atoms with Crippen LogP contribution in [-0.2, 0) is 6.54 Å². The van der Waals surface area contributed by atoms with Crippen molar-refractivity contribution in [3.05, 3.63) is 28.2 Å². The van der Waals surface area contributed by atoms with E-state index in [0.29, 0.717) is 12.0 Å². The van der Waals surface area contributed by atoms with Crippen LogP contribution in [0.1, 0.15) is 39.2 Å². The zero-order chi connectivity index (χ0) is 12.9. The SMILES string of the molecule is CC(C)(C)CCCOc1ccc(CN)cc1Br. The summed E-state index contributed by atoms with van der Waals surface area (Å²) in [4.78, 5) is 0. The average molecular weight is 300 g/mol. The summed E-state index contributed by atoms with van der Waals surface area (Å²) in [6.07, 6.45) is 2.25. The normalized spacial score (nSPS) is 11.6. The van der Waals surface area contributed by atoms with Gasteiger partial charge in [-0.15, -0.1) is 0 Å². The van der Waals surface area contributed by atoms with E-state index in [9.17, 15) is 0 Å². The molecule has 1 aromatic rings. The van der Waals surface area contributed by atoms with Gasteiger partial charge < -0.3 is 10.5 Å². The third-order valence-corrected chi connectivity index (χ3v) is 3.18. The number of hydrogen-bond donors (Lipinski definition) is 1. The molecule has 0 atom stereocenters. The highest BCUT2D eigenvalue weighted by Gasteiger charge is 2.09. The van der Waals surface area contributed by atoms with E-state index < -0.39 is 0 Å². The van der Waals surface area contributed by atoms with E-state index in [0.717, 1.165) is 28.8 Å². The number of ether oxygens (including phenoxy) is 1. The van der Waals surface area contributed by atoms with Crippen LogP contribution in [0.5, 0.6) is 5.75 Å². The monoisotopic (exact) mass is 299 g/mol. The molecule has 1 aromatic carbocycles. The lowest BCUT2D eigenvalue weighted by Crippen LogP contribution is -2.08. The summed E-state index contributed by atoms with van der Waals surface area (Å²) in [5, 5.41) is 0. The van der Waals surface area contributed by atoms with Gasteiger partial charge in [0.15, 0.2) is 0 Å². The van der Waals surface area contributed by atoms with Gasteiger partial charge in [0.2, 0.25) is 0 Å². The van der Waals surface area contributed by atoms with Crippen LogP contribution in [0, 0.1) is 5.41 Å². The first-order chi connectivity index (χ1) is 7.92. The molecule has 96 valence electrons. The number of nitrogens with two attached hydrogens (primary N) is 1. The van der Waals surface area contributed by atoms with E-state index in [2.05, 4.69) is 36.7 Å². The Morgan fingerprint density at radius 3 is 2.53 bits per heavy atom. The molecule has 0 aromatic heterocycles. The lowest BCUT2D eigenvalue weighted by molar-refractivity contribution is 0.268. The van der Waals surface area contributed by atoms with Crippen LogP contribution in [0.3, 0.4) is 0 Å². The molecule has 0 aliphatic rings. The van der Waals surface area contributed by atoms with Gasteiger partial charge in [-0.1, -0.05) is 26.8 Å². The Kier molecular flexibility index (Phi) is 5.47. The summed E-state index contributed by atoms with van der Waals surface area (Å²) in [5.74, 6) is 0.899. The maximum atomic E-state index is 5.74. The molecule has 0 spiro atoms. The second-order valence-corrected chi connectivity index (χ2v) is 6.34. The van der Waals surface area contributed by atoms with E-state index >= 15 is 0 Å². The van der Waals surface area contributed by atoms with Crippen molar-refractivity contribution in [2.24, 2.45) is 11.1 Å². The molecule has 0 amide bonds. The quantitative estimate of drug-likeness (QED) is 0.830. The fraction of sp³-hybridized carbons (Fsp3) is 0.571. The van der Waals surface area contributed by atoms with E-state index in [1.54, 1.807) is 0 Å². The molecule has 0 saturated heterocycles. The molecule has 0 fully saturated rings. The maximum Gasteiger partial charge on any atom is 0.133 e. The Bertz CT molecular complexity index is 358. The molecule has 2 N–H and O–H groups in total. The fourth-order valence-corrected chi connectivity index (χ4v) is 2.11. The number of benzene rings is 1. The van der Waals surface area contributed by atoms with Gasteiger partial charge in [0.1, 0.15) is 5.75 Å². The highest BCUT2D eigenvalue weighted by molar-refractivity contribution is 9.10. The largest absolute Gasteiger partial charge is 0.492 e. The number of rotatable bonds is 5. The van der Waals surface area contributed by atoms with Crippen LogP contribution in [0.2, 0.25) is 0 Å². The van der Waals surface area contributed by atoms with Crippen LogP contribution >= 0.6 is 15.9 Å². The van der Waals surface area contributed by atoms with Gasteiger partial charge in [-0.25, -0.2) is 0 Å². The molecule has 17 heavy (non-hydrogen) atoms. The number of hydrogen-bond acceptors (Lipinski definition) is 2. The predicted octanol–water partition coefficient (Wildman–Crippen LogP) is 4.11. The van der Waals surface area contributed by atoms with Crippen molar-refractivity contribution >= 4 is 15.9 Å². The van der Waals surface area contributed by atoms with E-state index in [-0.39, 0.29) is 0 Å². The van der Waals surface area contributed by atoms with Gasteiger partial charge in [-0.2, -0.15) is 0 Å². The second-order valence-electron chi connectivity index (χ2n) is 5.48. The van der Waals surface area contributed by atoms with Crippen LogP contribution in [0.4, 0.5) is 0 Å². The first kappa shape index (κ1) is 14.5. The van der Waals surface area contributed by atoms with Crippen LogP contribution in [0.25, 0.3) is 0 Å². The van der Waals surface area contributed by atoms with Crippen molar-refractivity contribution in [1.29, 1.82) is 0 Å². The summed E-state index contributed by atoms with van der Waals surface area (Å²) in [6.45, 7) is 8.07. The lowest BCUT2D eigenvalue weighted by Gasteiger charge is -2.18. The van der Waals surface area contributed by atoms with E-state index in [1.807, 2.05) is 18.2 Å². The zero-order valence-corrected chi connectivity index (χ0v) is 12.5. The van der Waals surface area contributed by atoms with E-state index in [1.165, 1.54) is 6.42 Å². The van der Waals surface area contributed by atoms with Crippen molar-refractivity contribution in [1.82, 2.24) is 0 Å². The van der Waals surface area contributed by atoms with Crippen molar-refractivity contribution < 1.29 is 4.74 Å². The van der Waals surface area contributed by atoms with Crippen molar-refractivity contribution in [2.45, 2.75) is 40.2 Å². The molecule has 2 nitrogen and oxygen atoms in total. The molecule has 0 bridgehead atoms. The van der Waals surface area contributed by atoms with Gasteiger partial charge in [0.25, 0.3) is 0 Å². The molecular formula is C14H22BrNO. The Morgan fingerprint density at radius 2 is 2.00 bits per heavy atom. The second kappa shape index (κ2) is 6.41. The Labute approximate surface area is 113 Å². The Hall–Kier alpha value is -0.540. The standard InChI is InChI=1S/C14H22BrNO/c1-14(2,3)7-4-8-17-13-6-5-11(10-16)9-12(13)15/h5-6,9H,4,7-8,10,16H2,1-3H3. The summed E-state index contributed by atoms with van der Waals surface area (Å²) in [5.41, 5.74) is 7.07. The Morgan fingerprint density at radius 1 is 1.29 bits per heavy atom. The van der Waals surface area contributed by atoms with Gasteiger partial charge in [0.05, 0.1) is 11.1 Å². The topological polar surface area (TPSA) is 35.2 Å². The molecule has 0 saturated carbocycles. The minimum atomic E-state index is 0.379. The highest BCUT2D eigenvalue weighted by Crippen LogP contribution is 2.27. The van der Waals surface area contributed by atoms with E-state index in [4.69, 9.17) is 10.5 Å². The smallest absolute Gasteiger partial charge is 0.133 e. The molecule has 1 rings (SSSR count). The average Bonchev–Trinajstić information content (AvgIpc) is 2.24. The van der Waals surface area contributed by atoms with Crippen molar-refractivity contribution in [3.8, 4) is 5.75 Å². The van der Waals surface area contributed by atoms with Crippen LogP contribution in [-0.4, -0.2) is 6.61 Å². The molecule has 0 aliphatic carbocycles. The summed E-state index contributed by atoms with van der Waals surface area (Å²) < 4.78 is 6.73. The highest BCUT2D eigenvalue weighted by atomic mass is 79.9. The van der Waals surface area contributed by atoms with Gasteiger partial charge in [-0.3, -0.25) is 0 Å². The van der Waals surface area contributed by atoms with Crippen molar-refractivity contribution in [2.75, 3.05) is 6.61 Å². The van der Waals surface area contributed by atoms with Gasteiger partial charge >= 0.3 is 0 Å². The summed E-state index contributed by atoms with van der Waals surface area (Å²) in [7, 11) is 0. The summed E-state index contributed by atoms with van der Waals surface area (Å²) in [6, 6.07) is 5.99. The molecule has 0 unspecified atom stereocenters.